The van der Waals surface area contributed by atoms with Crippen LogP contribution in [0.4, 0.5) is 0 Å². The number of ketones is 1. The second-order valence-electron chi connectivity index (χ2n) is 4.02. The van der Waals surface area contributed by atoms with Crippen LogP contribution in [-0.2, 0) is 14.3 Å². The summed E-state index contributed by atoms with van der Waals surface area (Å²) in [6.07, 6.45) is 3.67. The van der Waals surface area contributed by atoms with Crippen LogP contribution >= 0.6 is 0 Å². The van der Waals surface area contributed by atoms with E-state index in [-0.39, 0.29) is 18.1 Å². The van der Waals surface area contributed by atoms with Crippen molar-refractivity contribution < 1.29 is 14.3 Å². The highest BCUT2D eigenvalue weighted by molar-refractivity contribution is 5.81. The maximum atomic E-state index is 11.7. The van der Waals surface area contributed by atoms with Gasteiger partial charge < -0.3 is 9.47 Å². The average molecular weight is 200 g/mol. The molecule has 0 spiro atoms. The van der Waals surface area contributed by atoms with Crippen LogP contribution in [0.15, 0.2) is 0 Å². The van der Waals surface area contributed by atoms with Gasteiger partial charge in [-0.25, -0.2) is 0 Å². The minimum absolute atomic E-state index is 0.133. The summed E-state index contributed by atoms with van der Waals surface area (Å²) in [6.45, 7) is 2.03. The molecule has 0 aromatic carbocycles. The highest BCUT2D eigenvalue weighted by Crippen LogP contribution is 2.29. The molecule has 1 aliphatic rings. The van der Waals surface area contributed by atoms with Gasteiger partial charge >= 0.3 is 0 Å². The molecule has 0 saturated heterocycles. The third-order valence-corrected chi connectivity index (χ3v) is 3.13. The van der Waals surface area contributed by atoms with Crippen molar-refractivity contribution in [3.05, 3.63) is 0 Å². The molecule has 82 valence electrons. The van der Waals surface area contributed by atoms with Crippen LogP contribution < -0.4 is 0 Å². The maximum absolute atomic E-state index is 11.7. The van der Waals surface area contributed by atoms with Crippen molar-refractivity contribution in [1.29, 1.82) is 0 Å². The fraction of sp³-hybridized carbons (Fsp3) is 0.909. The molecule has 1 fully saturated rings. The Hall–Kier alpha value is -0.410. The largest absolute Gasteiger partial charge is 0.356 e. The predicted octanol–water partition coefficient (Wildman–Crippen LogP) is 2.00. The van der Waals surface area contributed by atoms with Gasteiger partial charge in [0.1, 0.15) is 5.78 Å². The molecule has 1 saturated carbocycles. The summed E-state index contributed by atoms with van der Waals surface area (Å²) in [6, 6.07) is 0. The molecule has 3 heteroatoms. The number of methoxy groups -OCH3 is 2. The SMILES string of the molecule is COC(OC)C(C)C1CCCCC1=O. The molecule has 3 nitrogen and oxygen atoms in total. The summed E-state index contributed by atoms with van der Waals surface area (Å²) in [5.74, 6) is 0.675. The van der Waals surface area contributed by atoms with Crippen molar-refractivity contribution in [2.45, 2.75) is 38.9 Å². The van der Waals surface area contributed by atoms with Gasteiger partial charge in [-0.1, -0.05) is 13.3 Å². The van der Waals surface area contributed by atoms with E-state index in [2.05, 4.69) is 0 Å². The minimum Gasteiger partial charge on any atom is -0.356 e. The van der Waals surface area contributed by atoms with Crippen LogP contribution in [0.2, 0.25) is 0 Å². The van der Waals surface area contributed by atoms with Crippen molar-refractivity contribution in [3.8, 4) is 0 Å². The van der Waals surface area contributed by atoms with E-state index in [0.29, 0.717) is 5.78 Å². The van der Waals surface area contributed by atoms with E-state index in [1.54, 1.807) is 14.2 Å². The normalized spacial score (nSPS) is 25.4. The summed E-state index contributed by atoms with van der Waals surface area (Å²) in [4.78, 5) is 11.7. The summed E-state index contributed by atoms with van der Waals surface area (Å²) in [7, 11) is 3.25. The van der Waals surface area contributed by atoms with Crippen LogP contribution in [-0.4, -0.2) is 26.3 Å². The van der Waals surface area contributed by atoms with Crippen LogP contribution in [0.3, 0.4) is 0 Å². The van der Waals surface area contributed by atoms with Gasteiger partial charge in [0.15, 0.2) is 6.29 Å². The van der Waals surface area contributed by atoms with Gasteiger partial charge in [-0.05, 0) is 12.8 Å². The quantitative estimate of drug-likeness (QED) is 0.651. The first kappa shape index (κ1) is 11.7. The molecular formula is C11H20O3. The zero-order chi connectivity index (χ0) is 10.6. The first-order valence-corrected chi connectivity index (χ1v) is 5.29. The van der Waals surface area contributed by atoms with Crippen molar-refractivity contribution in [3.63, 3.8) is 0 Å². The summed E-state index contributed by atoms with van der Waals surface area (Å²) in [5, 5.41) is 0. The van der Waals surface area contributed by atoms with E-state index >= 15 is 0 Å². The van der Waals surface area contributed by atoms with Gasteiger partial charge in [0.25, 0.3) is 0 Å². The van der Waals surface area contributed by atoms with E-state index in [1.807, 2.05) is 6.92 Å². The smallest absolute Gasteiger partial charge is 0.160 e. The Balaban J connectivity index is 2.56. The van der Waals surface area contributed by atoms with Crippen molar-refractivity contribution in [2.75, 3.05) is 14.2 Å². The lowest BCUT2D eigenvalue weighted by atomic mass is 9.79. The molecule has 14 heavy (non-hydrogen) atoms. The molecule has 2 unspecified atom stereocenters. The monoisotopic (exact) mass is 200 g/mol. The molecule has 0 aliphatic heterocycles. The van der Waals surface area contributed by atoms with E-state index in [9.17, 15) is 4.79 Å². The molecule has 2 atom stereocenters. The van der Waals surface area contributed by atoms with Crippen LogP contribution in [0.25, 0.3) is 0 Å². The number of carbonyl (C=O) groups is 1. The van der Waals surface area contributed by atoms with Gasteiger partial charge in [0, 0.05) is 32.5 Å². The van der Waals surface area contributed by atoms with Crippen molar-refractivity contribution >= 4 is 5.78 Å². The second kappa shape index (κ2) is 5.47. The average Bonchev–Trinajstić information content (AvgIpc) is 2.20. The lowest BCUT2D eigenvalue weighted by Gasteiger charge is -2.30. The minimum atomic E-state index is -0.248. The van der Waals surface area contributed by atoms with Gasteiger partial charge in [-0.15, -0.1) is 0 Å². The van der Waals surface area contributed by atoms with E-state index in [4.69, 9.17) is 9.47 Å². The number of rotatable bonds is 4. The Morgan fingerprint density at radius 2 is 1.93 bits per heavy atom. The van der Waals surface area contributed by atoms with Crippen LogP contribution in [0.5, 0.6) is 0 Å². The molecule has 0 heterocycles. The molecule has 1 rings (SSSR count). The van der Waals surface area contributed by atoms with Gasteiger partial charge in [-0.2, -0.15) is 0 Å². The van der Waals surface area contributed by atoms with Gasteiger partial charge in [0.2, 0.25) is 0 Å². The molecule has 0 aromatic heterocycles. The Morgan fingerprint density at radius 1 is 1.29 bits per heavy atom. The Labute approximate surface area is 85.8 Å². The first-order chi connectivity index (χ1) is 6.70. The first-order valence-electron chi connectivity index (χ1n) is 5.29. The van der Waals surface area contributed by atoms with Crippen LogP contribution in [0.1, 0.15) is 32.6 Å². The van der Waals surface area contributed by atoms with Crippen molar-refractivity contribution in [1.82, 2.24) is 0 Å². The molecule has 0 N–H and O–H groups in total. The third kappa shape index (κ3) is 2.55. The summed E-state index contributed by atoms with van der Waals surface area (Å²) < 4.78 is 10.4. The highest BCUT2D eigenvalue weighted by Gasteiger charge is 2.32. The van der Waals surface area contributed by atoms with Crippen LogP contribution in [0, 0.1) is 11.8 Å². The van der Waals surface area contributed by atoms with E-state index < -0.39 is 0 Å². The number of hydrogen-bond acceptors (Lipinski definition) is 3. The number of ether oxygens (including phenoxy) is 2. The molecular weight excluding hydrogens is 180 g/mol. The number of hydrogen-bond donors (Lipinski definition) is 0. The zero-order valence-electron chi connectivity index (χ0n) is 9.29. The molecule has 0 aromatic rings. The summed E-state index contributed by atoms with van der Waals surface area (Å²) >= 11 is 0. The summed E-state index contributed by atoms with van der Waals surface area (Å²) in [5.41, 5.74) is 0. The van der Waals surface area contributed by atoms with Gasteiger partial charge in [-0.3, -0.25) is 4.79 Å². The third-order valence-electron chi connectivity index (χ3n) is 3.13. The second-order valence-corrected chi connectivity index (χ2v) is 4.02. The molecule has 1 aliphatic carbocycles. The standard InChI is InChI=1S/C11H20O3/c1-8(11(13-2)14-3)9-6-4-5-7-10(9)12/h8-9,11H,4-7H2,1-3H3. The Kier molecular flexibility index (Phi) is 4.55. The van der Waals surface area contributed by atoms with E-state index in [0.717, 1.165) is 25.7 Å². The predicted molar refractivity (Wildman–Crippen MR) is 53.9 cm³/mol. The topological polar surface area (TPSA) is 35.5 Å². The molecule has 0 radical (unpaired) electrons. The fourth-order valence-corrected chi connectivity index (χ4v) is 2.28. The lowest BCUT2D eigenvalue weighted by molar-refractivity contribution is -0.156. The van der Waals surface area contributed by atoms with E-state index in [1.165, 1.54) is 0 Å². The highest BCUT2D eigenvalue weighted by atomic mass is 16.7. The number of carbonyl (C=O) groups excluding carboxylic acids is 1. The maximum Gasteiger partial charge on any atom is 0.160 e. The fourth-order valence-electron chi connectivity index (χ4n) is 2.28. The molecule has 0 amide bonds. The molecule has 0 bridgehead atoms. The Bertz CT molecular complexity index is 187. The van der Waals surface area contributed by atoms with Gasteiger partial charge in [0.05, 0.1) is 0 Å². The lowest BCUT2D eigenvalue weighted by Crippen LogP contribution is -2.34. The Morgan fingerprint density at radius 3 is 2.43 bits per heavy atom. The number of Topliss-reactive ketones (excluding diaryl/α,β-unsaturated/α-hetero) is 1. The van der Waals surface area contributed by atoms with Crippen molar-refractivity contribution in [2.24, 2.45) is 11.8 Å². The zero-order valence-corrected chi connectivity index (χ0v) is 9.29.